The van der Waals surface area contributed by atoms with Crippen LogP contribution in [0.5, 0.6) is 0 Å². The van der Waals surface area contributed by atoms with Gasteiger partial charge in [-0.3, -0.25) is 0 Å². The monoisotopic (exact) mass is 218 g/mol. The lowest BCUT2D eigenvalue weighted by Crippen LogP contribution is -2.15. The van der Waals surface area contributed by atoms with Gasteiger partial charge in [0.15, 0.2) is 0 Å². The number of hydrogen-bond donors (Lipinski definition) is 1. The van der Waals surface area contributed by atoms with Gasteiger partial charge in [-0.15, -0.1) is 0 Å². The molecule has 1 aromatic carbocycles. The second-order valence-corrected chi connectivity index (χ2v) is 4.53. The summed E-state index contributed by atoms with van der Waals surface area (Å²) < 4.78 is 24.1. The van der Waals surface area contributed by atoms with E-state index in [0.717, 1.165) is 0 Å². The summed E-state index contributed by atoms with van der Waals surface area (Å²) in [5, 5.41) is 9.65. The van der Waals surface area contributed by atoms with Crippen LogP contribution in [0.4, 0.5) is 8.78 Å². The van der Waals surface area contributed by atoms with Crippen LogP contribution in [0.15, 0.2) is 29.2 Å². The molecular weight excluding hydrogens is 206 g/mol. The lowest BCUT2D eigenvalue weighted by atomic mass is 9.99. The summed E-state index contributed by atoms with van der Waals surface area (Å²) in [6.07, 6.45) is 0. The van der Waals surface area contributed by atoms with E-state index in [1.54, 1.807) is 38.1 Å². The van der Waals surface area contributed by atoms with Gasteiger partial charge in [0, 0.05) is 4.90 Å². The van der Waals surface area contributed by atoms with Crippen molar-refractivity contribution in [1.82, 2.24) is 0 Å². The highest BCUT2D eigenvalue weighted by atomic mass is 32.2. The van der Waals surface area contributed by atoms with Crippen LogP contribution >= 0.6 is 11.8 Å². The van der Waals surface area contributed by atoms with E-state index in [2.05, 4.69) is 0 Å². The smallest absolute Gasteiger partial charge is 0.288 e. The predicted molar refractivity (Wildman–Crippen MR) is 53.5 cm³/mol. The first-order valence-corrected chi connectivity index (χ1v) is 5.05. The minimum absolute atomic E-state index is 0.472. The third kappa shape index (κ3) is 3.27. The Bertz CT molecular complexity index is 307. The zero-order valence-corrected chi connectivity index (χ0v) is 8.81. The highest BCUT2D eigenvalue weighted by Gasteiger charge is 2.16. The van der Waals surface area contributed by atoms with Crippen LogP contribution in [0.1, 0.15) is 19.4 Å². The Morgan fingerprint density at radius 1 is 1.36 bits per heavy atom. The van der Waals surface area contributed by atoms with E-state index >= 15 is 0 Å². The highest BCUT2D eigenvalue weighted by Crippen LogP contribution is 2.28. The van der Waals surface area contributed by atoms with E-state index in [-0.39, 0.29) is 0 Å². The van der Waals surface area contributed by atoms with Crippen molar-refractivity contribution < 1.29 is 13.9 Å². The minimum atomic E-state index is -2.42. The van der Waals surface area contributed by atoms with Gasteiger partial charge >= 0.3 is 0 Å². The molecule has 0 saturated carbocycles. The molecule has 0 fully saturated rings. The largest absolute Gasteiger partial charge is 0.386 e. The number of halogens is 2. The van der Waals surface area contributed by atoms with Crippen LogP contribution in [0.3, 0.4) is 0 Å². The average Bonchev–Trinajstić information content (AvgIpc) is 2.01. The first kappa shape index (κ1) is 11.5. The number of hydrogen-bond acceptors (Lipinski definition) is 2. The van der Waals surface area contributed by atoms with E-state index in [4.69, 9.17) is 0 Å². The molecule has 78 valence electrons. The van der Waals surface area contributed by atoms with Gasteiger partial charge in [-0.1, -0.05) is 23.9 Å². The van der Waals surface area contributed by atoms with Gasteiger partial charge in [0.2, 0.25) is 0 Å². The van der Waals surface area contributed by atoms with Crippen molar-refractivity contribution in [1.29, 1.82) is 0 Å². The van der Waals surface area contributed by atoms with E-state index in [9.17, 15) is 13.9 Å². The predicted octanol–water partition coefficient (Wildman–Crippen LogP) is 3.23. The Balaban J connectivity index is 2.90. The third-order valence-corrected chi connectivity index (χ3v) is 2.47. The molecule has 1 N–H and O–H groups in total. The molecule has 0 bridgehead atoms. The van der Waals surface area contributed by atoms with Crippen LogP contribution in [0.2, 0.25) is 0 Å². The summed E-state index contributed by atoms with van der Waals surface area (Å²) >= 11 is 0.484. The summed E-state index contributed by atoms with van der Waals surface area (Å²) in [6, 6.07) is 6.57. The molecule has 0 radical (unpaired) electrons. The summed E-state index contributed by atoms with van der Waals surface area (Å²) in [6.45, 7) is 3.25. The second-order valence-electron chi connectivity index (χ2n) is 3.47. The first-order valence-electron chi connectivity index (χ1n) is 4.17. The maximum absolute atomic E-state index is 12.0. The average molecular weight is 218 g/mol. The zero-order valence-electron chi connectivity index (χ0n) is 8.00. The van der Waals surface area contributed by atoms with Crippen molar-refractivity contribution in [3.8, 4) is 0 Å². The second kappa shape index (κ2) is 4.28. The molecule has 0 aliphatic carbocycles. The number of alkyl halides is 2. The summed E-state index contributed by atoms with van der Waals surface area (Å²) in [5.41, 5.74) is -0.346. The van der Waals surface area contributed by atoms with Gasteiger partial charge in [0.25, 0.3) is 5.76 Å². The van der Waals surface area contributed by atoms with Crippen LogP contribution in [-0.4, -0.2) is 10.9 Å². The standard InChI is InChI=1S/C10H12F2OS/c1-10(2,13)7-4-3-5-8(6-7)14-9(11)12/h3-6,9,13H,1-2H3. The maximum Gasteiger partial charge on any atom is 0.288 e. The highest BCUT2D eigenvalue weighted by molar-refractivity contribution is 7.99. The van der Waals surface area contributed by atoms with E-state index in [1.165, 1.54) is 0 Å². The molecule has 0 saturated heterocycles. The summed E-state index contributed by atoms with van der Waals surface area (Å²) in [4.78, 5) is 0.472. The fourth-order valence-corrected chi connectivity index (χ4v) is 1.61. The maximum atomic E-state index is 12.0. The molecule has 1 aromatic rings. The number of benzene rings is 1. The van der Waals surface area contributed by atoms with Crippen molar-refractivity contribution in [2.45, 2.75) is 30.1 Å². The van der Waals surface area contributed by atoms with Gasteiger partial charge < -0.3 is 5.11 Å². The van der Waals surface area contributed by atoms with Crippen molar-refractivity contribution in [2.75, 3.05) is 0 Å². The molecule has 0 aliphatic rings. The molecule has 0 amide bonds. The Morgan fingerprint density at radius 3 is 2.50 bits per heavy atom. The normalized spacial score (nSPS) is 12.1. The molecule has 0 atom stereocenters. The van der Waals surface area contributed by atoms with Gasteiger partial charge in [-0.25, -0.2) is 0 Å². The molecule has 1 nitrogen and oxygen atoms in total. The van der Waals surface area contributed by atoms with Crippen LogP contribution in [0, 0.1) is 0 Å². The van der Waals surface area contributed by atoms with E-state index in [0.29, 0.717) is 22.2 Å². The van der Waals surface area contributed by atoms with Crippen molar-refractivity contribution in [2.24, 2.45) is 0 Å². The topological polar surface area (TPSA) is 20.2 Å². The number of rotatable bonds is 3. The van der Waals surface area contributed by atoms with Gasteiger partial charge in [-0.2, -0.15) is 8.78 Å². The Hall–Kier alpha value is -0.610. The molecule has 0 aromatic heterocycles. The van der Waals surface area contributed by atoms with Crippen molar-refractivity contribution >= 4 is 11.8 Å². The van der Waals surface area contributed by atoms with Crippen LogP contribution in [0.25, 0.3) is 0 Å². The number of thioether (sulfide) groups is 1. The Morgan fingerprint density at radius 2 is 2.00 bits per heavy atom. The molecule has 1 rings (SSSR count). The third-order valence-electron chi connectivity index (χ3n) is 1.77. The fourth-order valence-electron chi connectivity index (χ4n) is 1.05. The van der Waals surface area contributed by atoms with Crippen LogP contribution in [-0.2, 0) is 5.60 Å². The lowest BCUT2D eigenvalue weighted by Gasteiger charge is -2.18. The molecule has 4 heteroatoms. The van der Waals surface area contributed by atoms with Gasteiger partial charge in [0.05, 0.1) is 5.60 Å². The molecule has 0 aliphatic heterocycles. The lowest BCUT2D eigenvalue weighted by molar-refractivity contribution is 0.0783. The van der Waals surface area contributed by atoms with Gasteiger partial charge in [-0.05, 0) is 31.5 Å². The molecule has 14 heavy (non-hydrogen) atoms. The fraction of sp³-hybridized carbons (Fsp3) is 0.400. The molecule has 0 spiro atoms. The molecule has 0 unspecified atom stereocenters. The van der Waals surface area contributed by atoms with Crippen molar-refractivity contribution in [3.63, 3.8) is 0 Å². The number of aliphatic hydroxyl groups is 1. The van der Waals surface area contributed by atoms with Gasteiger partial charge in [0.1, 0.15) is 0 Å². The molecular formula is C10H12F2OS. The van der Waals surface area contributed by atoms with Crippen LogP contribution < -0.4 is 0 Å². The Labute approximate surface area is 86.1 Å². The zero-order chi connectivity index (χ0) is 10.8. The van der Waals surface area contributed by atoms with Crippen molar-refractivity contribution in [3.05, 3.63) is 29.8 Å². The first-order chi connectivity index (χ1) is 6.39. The Kier molecular flexibility index (Phi) is 3.50. The SMILES string of the molecule is CC(C)(O)c1cccc(SC(F)F)c1. The summed E-state index contributed by atoms with van der Waals surface area (Å²) in [7, 11) is 0. The summed E-state index contributed by atoms with van der Waals surface area (Å²) in [5.74, 6) is -2.42. The van der Waals surface area contributed by atoms with E-state index < -0.39 is 11.4 Å². The minimum Gasteiger partial charge on any atom is -0.386 e. The molecule has 0 heterocycles. The quantitative estimate of drug-likeness (QED) is 0.786. The van der Waals surface area contributed by atoms with E-state index in [1.807, 2.05) is 0 Å².